The minimum Gasteiger partial charge on any atom is -0.481 e. The van der Waals surface area contributed by atoms with Gasteiger partial charge in [-0.1, -0.05) is 6.92 Å². The van der Waals surface area contributed by atoms with Crippen LogP contribution in [0.3, 0.4) is 0 Å². The van der Waals surface area contributed by atoms with Gasteiger partial charge in [0.05, 0.1) is 6.42 Å². The molecule has 0 amide bonds. The first-order valence-corrected chi connectivity index (χ1v) is 3.17. The second-order valence-corrected chi connectivity index (χ2v) is 2.52. The number of rotatable bonds is 3. The normalized spacial score (nSPS) is 17.1. The smallest absolute Gasteiger partial charge is 0.419 e. The molecule has 0 spiro atoms. The Morgan fingerprint density at radius 2 is 1.92 bits per heavy atom. The molecule has 6 heteroatoms. The van der Waals surface area contributed by atoms with E-state index < -0.39 is 30.7 Å². The van der Waals surface area contributed by atoms with E-state index in [1.54, 1.807) is 0 Å². The molecular formula is C6H8F4O2. The van der Waals surface area contributed by atoms with E-state index in [9.17, 15) is 22.4 Å². The van der Waals surface area contributed by atoms with Crippen LogP contribution >= 0.6 is 0 Å². The van der Waals surface area contributed by atoms with Crippen LogP contribution in [0.15, 0.2) is 0 Å². The lowest BCUT2D eigenvalue weighted by Gasteiger charge is -2.17. The molecule has 0 aromatic heterocycles. The number of hydrogen-bond acceptors (Lipinski definition) is 1. The van der Waals surface area contributed by atoms with Crippen molar-refractivity contribution >= 4 is 5.97 Å². The number of aliphatic carboxylic acids is 1. The van der Waals surface area contributed by atoms with Crippen LogP contribution in [0, 0.1) is 5.92 Å². The van der Waals surface area contributed by atoms with Gasteiger partial charge in [0.1, 0.15) is 0 Å². The summed E-state index contributed by atoms with van der Waals surface area (Å²) in [6.45, 7) is 0.909. The highest BCUT2D eigenvalue weighted by molar-refractivity contribution is 5.67. The molecule has 0 rings (SSSR count). The Hall–Kier alpha value is -0.810. The average Bonchev–Trinajstić information content (AvgIpc) is 1.82. The zero-order valence-electron chi connectivity index (χ0n) is 6.23. The summed E-state index contributed by atoms with van der Waals surface area (Å²) in [5.41, 5.74) is 0. The van der Waals surface area contributed by atoms with Crippen molar-refractivity contribution in [3.63, 3.8) is 0 Å². The van der Waals surface area contributed by atoms with E-state index >= 15 is 0 Å². The van der Waals surface area contributed by atoms with Crippen molar-refractivity contribution in [3.05, 3.63) is 0 Å². The fraction of sp³-hybridized carbons (Fsp3) is 0.833. The highest BCUT2D eigenvalue weighted by atomic mass is 19.4. The third kappa shape index (κ3) is 3.54. The Bertz CT molecular complexity index is 165. The van der Waals surface area contributed by atoms with Crippen molar-refractivity contribution < 1.29 is 27.5 Å². The van der Waals surface area contributed by atoms with Crippen LogP contribution in [0.4, 0.5) is 17.6 Å². The Morgan fingerprint density at radius 1 is 1.50 bits per heavy atom. The summed E-state index contributed by atoms with van der Waals surface area (Å²) in [6.07, 6.45) is -8.84. The molecule has 0 aliphatic rings. The van der Waals surface area contributed by atoms with E-state index in [1.807, 2.05) is 0 Å². The molecule has 0 saturated carbocycles. The van der Waals surface area contributed by atoms with Gasteiger partial charge in [-0.25, -0.2) is 4.39 Å². The molecule has 0 aliphatic heterocycles. The van der Waals surface area contributed by atoms with E-state index in [0.717, 1.165) is 6.92 Å². The molecule has 2 atom stereocenters. The van der Waals surface area contributed by atoms with Gasteiger partial charge in [0, 0.05) is 5.92 Å². The van der Waals surface area contributed by atoms with Crippen LogP contribution in [0.1, 0.15) is 13.3 Å². The fourth-order valence-electron chi connectivity index (χ4n) is 0.702. The van der Waals surface area contributed by atoms with Crippen LogP contribution < -0.4 is 0 Å². The number of hydrogen-bond donors (Lipinski definition) is 1. The van der Waals surface area contributed by atoms with Crippen LogP contribution in [-0.2, 0) is 4.79 Å². The average molecular weight is 188 g/mol. The van der Waals surface area contributed by atoms with Crippen LogP contribution in [-0.4, -0.2) is 23.4 Å². The molecule has 0 aliphatic carbocycles. The van der Waals surface area contributed by atoms with Gasteiger partial charge < -0.3 is 5.11 Å². The van der Waals surface area contributed by atoms with Crippen molar-refractivity contribution in [3.8, 4) is 0 Å². The van der Waals surface area contributed by atoms with E-state index in [-0.39, 0.29) is 0 Å². The number of carboxylic acid groups (broad SMARTS) is 1. The maximum absolute atomic E-state index is 12.3. The predicted octanol–water partition coefficient (Wildman–Crippen LogP) is 2.00. The first-order valence-electron chi connectivity index (χ1n) is 3.17. The van der Waals surface area contributed by atoms with E-state index in [4.69, 9.17) is 5.11 Å². The quantitative estimate of drug-likeness (QED) is 0.687. The highest BCUT2D eigenvalue weighted by Crippen LogP contribution is 2.29. The second kappa shape index (κ2) is 3.73. The van der Waals surface area contributed by atoms with Crippen molar-refractivity contribution in [1.29, 1.82) is 0 Å². The summed E-state index contributed by atoms with van der Waals surface area (Å²) in [7, 11) is 0. The molecule has 2 nitrogen and oxygen atoms in total. The fourth-order valence-corrected chi connectivity index (χ4v) is 0.702. The number of carbonyl (C=O) groups is 1. The summed E-state index contributed by atoms with van der Waals surface area (Å²) in [5, 5.41) is 8.06. The predicted molar refractivity (Wildman–Crippen MR) is 32.4 cm³/mol. The van der Waals surface area contributed by atoms with Gasteiger partial charge in [-0.15, -0.1) is 0 Å². The summed E-state index contributed by atoms with van der Waals surface area (Å²) in [5.74, 6) is -2.98. The Balaban J connectivity index is 4.10. The molecule has 0 fully saturated rings. The lowest BCUT2D eigenvalue weighted by Crippen LogP contribution is -2.31. The van der Waals surface area contributed by atoms with Gasteiger partial charge in [-0.2, -0.15) is 13.2 Å². The topological polar surface area (TPSA) is 37.3 Å². The molecule has 2 unspecified atom stereocenters. The first-order chi connectivity index (χ1) is 5.25. The van der Waals surface area contributed by atoms with Gasteiger partial charge in [0.25, 0.3) is 0 Å². The zero-order chi connectivity index (χ0) is 9.94. The molecule has 0 bridgehead atoms. The maximum atomic E-state index is 12.3. The molecule has 0 saturated heterocycles. The van der Waals surface area contributed by atoms with Gasteiger partial charge in [-0.3, -0.25) is 4.79 Å². The Labute approximate surface area is 66.2 Å². The van der Waals surface area contributed by atoms with E-state index in [2.05, 4.69) is 0 Å². The Morgan fingerprint density at radius 3 is 2.17 bits per heavy atom. The molecule has 0 aromatic rings. The third-order valence-corrected chi connectivity index (χ3v) is 1.31. The van der Waals surface area contributed by atoms with Gasteiger partial charge in [-0.05, 0) is 0 Å². The van der Waals surface area contributed by atoms with E-state index in [1.165, 1.54) is 0 Å². The van der Waals surface area contributed by atoms with Crippen molar-refractivity contribution in [2.24, 2.45) is 5.92 Å². The minimum absolute atomic E-state index is 0.819. The third-order valence-electron chi connectivity index (χ3n) is 1.31. The summed E-state index contributed by atoms with van der Waals surface area (Å²) in [4.78, 5) is 9.91. The maximum Gasteiger partial charge on any atom is 0.419 e. The monoisotopic (exact) mass is 188 g/mol. The number of alkyl halides is 4. The highest BCUT2D eigenvalue weighted by Gasteiger charge is 2.44. The second-order valence-electron chi connectivity index (χ2n) is 2.52. The minimum atomic E-state index is -4.96. The zero-order valence-corrected chi connectivity index (χ0v) is 6.23. The van der Waals surface area contributed by atoms with Crippen LogP contribution in [0.5, 0.6) is 0 Å². The van der Waals surface area contributed by atoms with Gasteiger partial charge in [0.15, 0.2) is 6.17 Å². The van der Waals surface area contributed by atoms with Crippen LogP contribution in [0.2, 0.25) is 0 Å². The molecule has 0 heterocycles. The SMILES string of the molecule is CC(CC(=O)O)C(F)C(F)(F)F. The largest absolute Gasteiger partial charge is 0.481 e. The number of carboxylic acids is 1. The van der Waals surface area contributed by atoms with Gasteiger partial charge >= 0.3 is 12.1 Å². The summed E-state index contributed by atoms with van der Waals surface area (Å²) >= 11 is 0. The molecule has 1 N–H and O–H groups in total. The Kier molecular flexibility index (Phi) is 3.48. The van der Waals surface area contributed by atoms with Crippen LogP contribution in [0.25, 0.3) is 0 Å². The molecule has 12 heavy (non-hydrogen) atoms. The first kappa shape index (κ1) is 11.2. The number of halogens is 4. The molecular weight excluding hydrogens is 180 g/mol. The molecule has 72 valence electrons. The molecule has 0 aromatic carbocycles. The van der Waals surface area contributed by atoms with Crippen molar-refractivity contribution in [1.82, 2.24) is 0 Å². The van der Waals surface area contributed by atoms with Crippen molar-refractivity contribution in [2.45, 2.75) is 25.7 Å². The van der Waals surface area contributed by atoms with Gasteiger partial charge in [0.2, 0.25) is 0 Å². The standard InChI is InChI=1S/C6H8F4O2/c1-3(2-4(11)12)5(7)6(8,9)10/h3,5H,2H2,1H3,(H,11,12). The summed E-state index contributed by atoms with van der Waals surface area (Å²) < 4.78 is 47.0. The van der Waals surface area contributed by atoms with E-state index in [0.29, 0.717) is 0 Å². The lowest BCUT2D eigenvalue weighted by atomic mass is 10.0. The molecule has 0 radical (unpaired) electrons. The lowest BCUT2D eigenvalue weighted by molar-refractivity contribution is -0.194. The van der Waals surface area contributed by atoms with Crippen molar-refractivity contribution in [2.75, 3.05) is 0 Å². The summed E-state index contributed by atoms with van der Waals surface area (Å²) in [6, 6.07) is 0.